The molecule has 0 atom stereocenters. The Labute approximate surface area is 109 Å². The number of halogens is 2. The minimum Gasteiger partial charge on any atom is -0.371 e. The molecule has 96 valence electrons. The average molecular weight is 287 g/mol. The number of alkyl halides is 2. The standard InChI is InChI=1S/C10H20Cl2O3Si/c1-3-13-16(4-2,14-9-5-7-11)15-10-6-8-12/h4H,2-3,5-10H2,1H3. The molecule has 6 heteroatoms. The van der Waals surface area contributed by atoms with Gasteiger partial charge in [-0.2, -0.15) is 0 Å². The zero-order chi connectivity index (χ0) is 12.3. The molecule has 0 saturated heterocycles. The highest BCUT2D eigenvalue weighted by atomic mass is 35.5. The van der Waals surface area contributed by atoms with Crippen LogP contribution < -0.4 is 0 Å². The summed E-state index contributed by atoms with van der Waals surface area (Å²) in [4.78, 5) is 0. The molecule has 0 fully saturated rings. The minimum absolute atomic E-state index is 0.530. The fraction of sp³-hybridized carbons (Fsp3) is 0.800. The Morgan fingerprint density at radius 2 is 1.56 bits per heavy atom. The van der Waals surface area contributed by atoms with Gasteiger partial charge in [-0.05, 0) is 25.5 Å². The van der Waals surface area contributed by atoms with Gasteiger partial charge in [0.2, 0.25) is 0 Å². The van der Waals surface area contributed by atoms with Crippen LogP contribution in [-0.4, -0.2) is 40.4 Å². The maximum absolute atomic E-state index is 5.66. The third kappa shape index (κ3) is 6.88. The van der Waals surface area contributed by atoms with Gasteiger partial charge in [0.25, 0.3) is 0 Å². The van der Waals surface area contributed by atoms with E-state index < -0.39 is 8.80 Å². The van der Waals surface area contributed by atoms with Gasteiger partial charge in [0.15, 0.2) is 0 Å². The van der Waals surface area contributed by atoms with E-state index in [0.717, 1.165) is 12.8 Å². The highest BCUT2D eigenvalue weighted by Crippen LogP contribution is 2.12. The molecule has 0 rings (SSSR count). The normalized spacial score (nSPS) is 11.7. The summed E-state index contributed by atoms with van der Waals surface area (Å²) in [6.45, 7) is 7.24. The van der Waals surface area contributed by atoms with Gasteiger partial charge in [0.1, 0.15) is 0 Å². The van der Waals surface area contributed by atoms with Crippen LogP contribution in [0.15, 0.2) is 12.3 Å². The summed E-state index contributed by atoms with van der Waals surface area (Å²) in [5.41, 5.74) is 1.65. The summed E-state index contributed by atoms with van der Waals surface area (Å²) in [6, 6.07) is 0. The van der Waals surface area contributed by atoms with Crippen LogP contribution in [0.1, 0.15) is 19.8 Å². The first kappa shape index (κ1) is 16.4. The van der Waals surface area contributed by atoms with E-state index >= 15 is 0 Å². The molecule has 0 heterocycles. The largest absolute Gasteiger partial charge is 0.529 e. The quantitative estimate of drug-likeness (QED) is 0.332. The number of hydrogen-bond acceptors (Lipinski definition) is 3. The molecule has 0 aromatic heterocycles. The molecule has 0 unspecified atom stereocenters. The van der Waals surface area contributed by atoms with E-state index in [0.29, 0.717) is 31.6 Å². The predicted molar refractivity (Wildman–Crippen MR) is 70.2 cm³/mol. The van der Waals surface area contributed by atoms with Crippen LogP contribution in [0.4, 0.5) is 0 Å². The lowest BCUT2D eigenvalue weighted by Gasteiger charge is -2.25. The molecule has 0 spiro atoms. The molecule has 3 nitrogen and oxygen atoms in total. The first-order valence-corrected chi connectivity index (χ1v) is 8.29. The van der Waals surface area contributed by atoms with Gasteiger partial charge < -0.3 is 13.3 Å². The molecule has 0 aromatic rings. The van der Waals surface area contributed by atoms with Crippen LogP contribution in [0.3, 0.4) is 0 Å². The van der Waals surface area contributed by atoms with E-state index in [9.17, 15) is 0 Å². The van der Waals surface area contributed by atoms with Gasteiger partial charge >= 0.3 is 8.80 Å². The fourth-order valence-corrected chi connectivity index (χ4v) is 3.12. The zero-order valence-corrected chi connectivity index (χ0v) is 12.2. The summed E-state index contributed by atoms with van der Waals surface area (Å²) in [6.07, 6.45) is 1.55. The van der Waals surface area contributed by atoms with Crippen molar-refractivity contribution in [2.75, 3.05) is 31.6 Å². The van der Waals surface area contributed by atoms with E-state index in [1.165, 1.54) is 0 Å². The lowest BCUT2D eigenvalue weighted by molar-refractivity contribution is 0.0761. The van der Waals surface area contributed by atoms with Crippen molar-refractivity contribution in [1.29, 1.82) is 0 Å². The summed E-state index contributed by atoms with van der Waals surface area (Å²) in [7, 11) is -2.70. The van der Waals surface area contributed by atoms with Crippen LogP contribution in [0.25, 0.3) is 0 Å². The molecular formula is C10H20Cl2O3Si. The SMILES string of the molecule is C=C[Si](OCC)(OCCCCl)OCCCCl. The Morgan fingerprint density at radius 1 is 1.06 bits per heavy atom. The highest BCUT2D eigenvalue weighted by molar-refractivity contribution is 6.66. The van der Waals surface area contributed by atoms with E-state index in [1.54, 1.807) is 5.70 Å². The maximum Gasteiger partial charge on any atom is 0.529 e. The minimum atomic E-state index is -2.70. The first-order valence-electron chi connectivity index (χ1n) is 5.42. The third-order valence-corrected chi connectivity index (χ3v) is 4.70. The lowest BCUT2D eigenvalue weighted by Crippen LogP contribution is -2.44. The van der Waals surface area contributed by atoms with E-state index in [4.69, 9.17) is 36.5 Å². The average Bonchev–Trinajstić information content (AvgIpc) is 2.29. The van der Waals surface area contributed by atoms with Gasteiger partial charge in [0, 0.05) is 31.6 Å². The van der Waals surface area contributed by atoms with E-state index in [-0.39, 0.29) is 0 Å². The molecule has 0 bridgehead atoms. The molecule has 0 aromatic carbocycles. The molecule has 0 amide bonds. The van der Waals surface area contributed by atoms with Crippen LogP contribution >= 0.6 is 23.2 Å². The van der Waals surface area contributed by atoms with E-state index in [2.05, 4.69) is 6.58 Å². The van der Waals surface area contributed by atoms with Crippen molar-refractivity contribution in [2.45, 2.75) is 19.8 Å². The summed E-state index contributed by atoms with van der Waals surface area (Å²) < 4.78 is 16.9. The van der Waals surface area contributed by atoms with Crippen LogP contribution in [0.5, 0.6) is 0 Å². The van der Waals surface area contributed by atoms with Gasteiger partial charge in [-0.15, -0.1) is 23.2 Å². The number of rotatable bonds is 11. The molecule has 0 radical (unpaired) electrons. The predicted octanol–water partition coefficient (Wildman–Crippen LogP) is 2.98. The summed E-state index contributed by atoms with van der Waals surface area (Å²) in [5.74, 6) is 1.13. The van der Waals surface area contributed by atoms with Crippen molar-refractivity contribution < 1.29 is 13.3 Å². The smallest absolute Gasteiger partial charge is 0.371 e. The Morgan fingerprint density at radius 3 is 1.88 bits per heavy atom. The van der Waals surface area contributed by atoms with Crippen molar-refractivity contribution in [2.24, 2.45) is 0 Å². The monoisotopic (exact) mass is 286 g/mol. The molecule has 0 aliphatic carbocycles. The fourth-order valence-electron chi connectivity index (χ4n) is 1.04. The molecule has 0 N–H and O–H groups in total. The second-order valence-electron chi connectivity index (χ2n) is 3.02. The topological polar surface area (TPSA) is 27.7 Å². The Balaban J connectivity index is 4.14. The van der Waals surface area contributed by atoms with Crippen molar-refractivity contribution in [3.8, 4) is 0 Å². The van der Waals surface area contributed by atoms with Crippen LogP contribution in [0.2, 0.25) is 0 Å². The van der Waals surface area contributed by atoms with Crippen molar-refractivity contribution in [3.05, 3.63) is 12.3 Å². The summed E-state index contributed by atoms with van der Waals surface area (Å²) in [5, 5.41) is 0. The second kappa shape index (κ2) is 10.6. The van der Waals surface area contributed by atoms with Crippen molar-refractivity contribution in [1.82, 2.24) is 0 Å². The van der Waals surface area contributed by atoms with E-state index in [1.807, 2.05) is 6.92 Å². The molecule has 0 saturated carbocycles. The van der Waals surface area contributed by atoms with Crippen LogP contribution in [-0.2, 0) is 13.3 Å². The number of hydrogen-bond donors (Lipinski definition) is 0. The molecule has 0 aliphatic rings. The molecule has 16 heavy (non-hydrogen) atoms. The maximum atomic E-state index is 5.66. The first-order chi connectivity index (χ1) is 7.74. The van der Waals surface area contributed by atoms with Gasteiger partial charge in [-0.25, -0.2) is 0 Å². The van der Waals surface area contributed by atoms with Crippen molar-refractivity contribution in [3.63, 3.8) is 0 Å². The van der Waals surface area contributed by atoms with Crippen LogP contribution in [0, 0.1) is 0 Å². The Hall–Kier alpha value is 0.417. The second-order valence-corrected chi connectivity index (χ2v) is 6.26. The Bertz CT molecular complexity index is 171. The molecule has 0 aliphatic heterocycles. The zero-order valence-electron chi connectivity index (χ0n) is 9.71. The van der Waals surface area contributed by atoms with Crippen molar-refractivity contribution >= 4 is 32.0 Å². The molecular weight excluding hydrogens is 267 g/mol. The summed E-state index contributed by atoms with van der Waals surface area (Å²) >= 11 is 11.2. The van der Waals surface area contributed by atoms with Gasteiger partial charge in [-0.1, -0.05) is 6.58 Å². The Kier molecular flexibility index (Phi) is 10.8. The third-order valence-electron chi connectivity index (χ3n) is 1.76. The lowest BCUT2D eigenvalue weighted by atomic mass is 10.5. The highest BCUT2D eigenvalue weighted by Gasteiger charge is 2.37. The van der Waals surface area contributed by atoms with Gasteiger partial charge in [-0.3, -0.25) is 0 Å². The van der Waals surface area contributed by atoms with Gasteiger partial charge in [0.05, 0.1) is 0 Å².